The molecule has 5 heteroatoms. The number of aryl methyl sites for hydroxylation is 2. The first-order chi connectivity index (χ1) is 13.9. The Morgan fingerprint density at radius 1 is 1.07 bits per heavy atom. The minimum absolute atomic E-state index is 0.0217. The molecule has 29 heavy (non-hydrogen) atoms. The normalized spacial score (nSPS) is 25.2. The van der Waals surface area contributed by atoms with Gasteiger partial charge in [0.1, 0.15) is 6.17 Å². The molecule has 5 atom stereocenters. The molecule has 1 aliphatic rings. The number of aliphatic hydroxyl groups excluding tert-OH is 2. The molecule has 2 rings (SSSR count). The molecule has 4 nitrogen and oxygen atoms in total. The van der Waals surface area contributed by atoms with Crippen molar-refractivity contribution < 1.29 is 24.5 Å². The molecule has 0 aliphatic heterocycles. The largest absolute Gasteiger partial charge is 0.481 e. The van der Waals surface area contributed by atoms with Crippen molar-refractivity contribution in [3.8, 4) is 0 Å². The van der Waals surface area contributed by atoms with Gasteiger partial charge in [0, 0.05) is 6.42 Å². The fraction of sp³-hybridized carbons (Fsp3) is 0.708. The summed E-state index contributed by atoms with van der Waals surface area (Å²) in [5, 5.41) is 29.3. The summed E-state index contributed by atoms with van der Waals surface area (Å²) in [6, 6.07) is 8.16. The molecule has 0 spiro atoms. The van der Waals surface area contributed by atoms with Gasteiger partial charge in [-0.05, 0) is 69.3 Å². The second-order valence-electron chi connectivity index (χ2n) is 8.75. The molecule has 0 saturated heterocycles. The van der Waals surface area contributed by atoms with Crippen molar-refractivity contribution in [2.45, 2.75) is 95.9 Å². The molecule has 0 heterocycles. The molecule has 1 aromatic rings. The summed E-state index contributed by atoms with van der Waals surface area (Å²) in [5.74, 6) is -0.780. The molecule has 0 aromatic heterocycles. The van der Waals surface area contributed by atoms with Crippen LogP contribution < -0.4 is 0 Å². The van der Waals surface area contributed by atoms with Crippen molar-refractivity contribution in [2.75, 3.05) is 0 Å². The topological polar surface area (TPSA) is 77.8 Å². The average molecular weight is 409 g/mol. The van der Waals surface area contributed by atoms with E-state index < -0.39 is 24.3 Å². The fourth-order valence-electron chi connectivity index (χ4n) is 4.70. The average Bonchev–Trinajstić information content (AvgIpc) is 2.93. The van der Waals surface area contributed by atoms with Crippen LogP contribution in [0.2, 0.25) is 0 Å². The molecule has 0 amide bonds. The first-order valence-electron chi connectivity index (χ1n) is 11.1. The van der Waals surface area contributed by atoms with Gasteiger partial charge in [-0.1, -0.05) is 49.1 Å². The van der Waals surface area contributed by atoms with Gasteiger partial charge in [0.15, 0.2) is 0 Å². The lowest BCUT2D eigenvalue weighted by Gasteiger charge is -2.24. The summed E-state index contributed by atoms with van der Waals surface area (Å²) in [6.45, 7) is 2.04. The van der Waals surface area contributed by atoms with Crippen LogP contribution in [0.25, 0.3) is 0 Å². The van der Waals surface area contributed by atoms with Crippen LogP contribution in [0.15, 0.2) is 24.3 Å². The smallest absolute Gasteiger partial charge is 0.303 e. The number of unbranched alkanes of at least 4 members (excludes halogenated alkanes) is 3. The maximum atomic E-state index is 14.5. The van der Waals surface area contributed by atoms with Gasteiger partial charge in [0.05, 0.1) is 12.2 Å². The van der Waals surface area contributed by atoms with Gasteiger partial charge in [-0.25, -0.2) is 4.39 Å². The number of carboxylic acids is 1. The molecule has 3 N–H and O–H groups in total. The Morgan fingerprint density at radius 3 is 2.45 bits per heavy atom. The molecule has 164 valence electrons. The maximum Gasteiger partial charge on any atom is 0.303 e. The lowest BCUT2D eigenvalue weighted by atomic mass is 9.84. The van der Waals surface area contributed by atoms with Gasteiger partial charge >= 0.3 is 5.97 Å². The third kappa shape index (κ3) is 8.43. The van der Waals surface area contributed by atoms with E-state index in [0.29, 0.717) is 32.1 Å². The van der Waals surface area contributed by atoms with E-state index in [1.807, 2.05) is 25.1 Å². The van der Waals surface area contributed by atoms with Crippen LogP contribution in [0.3, 0.4) is 0 Å². The quantitative estimate of drug-likeness (QED) is 0.409. The first kappa shape index (κ1) is 23.8. The number of hydrogen-bond donors (Lipinski definition) is 3. The van der Waals surface area contributed by atoms with Crippen LogP contribution >= 0.6 is 0 Å². The molecule has 0 bridgehead atoms. The SMILES string of the molecule is Cc1cccc(CCC(F)CCC2C(O)CC(O)C2CCCCCCC(=O)O)c1. The predicted octanol–water partition coefficient (Wildman–Crippen LogP) is 4.83. The number of carboxylic acid groups (broad SMARTS) is 1. The zero-order valence-corrected chi connectivity index (χ0v) is 17.6. The Hall–Kier alpha value is -1.46. The molecule has 1 saturated carbocycles. The first-order valence-corrected chi connectivity index (χ1v) is 11.1. The van der Waals surface area contributed by atoms with E-state index in [2.05, 4.69) is 6.07 Å². The minimum atomic E-state index is -0.892. The Kier molecular flexibility index (Phi) is 10.1. The molecule has 1 aliphatic carbocycles. The van der Waals surface area contributed by atoms with Crippen molar-refractivity contribution in [1.82, 2.24) is 0 Å². The summed E-state index contributed by atoms with van der Waals surface area (Å²) in [4.78, 5) is 10.5. The Labute approximate surface area is 174 Å². The summed E-state index contributed by atoms with van der Waals surface area (Å²) in [6.07, 6.45) is 5.08. The monoisotopic (exact) mass is 408 g/mol. The van der Waals surface area contributed by atoms with Crippen LogP contribution in [0.4, 0.5) is 4.39 Å². The highest BCUT2D eigenvalue weighted by Crippen LogP contribution is 2.39. The number of rotatable bonds is 13. The Morgan fingerprint density at radius 2 is 1.76 bits per heavy atom. The number of hydrogen-bond acceptors (Lipinski definition) is 3. The standard InChI is InChI=1S/C24H37FO4/c1-17-7-6-8-18(15-17)11-12-19(25)13-14-21-20(22(26)16-23(21)27)9-4-2-3-5-10-24(28)29/h6-8,15,19-23,26-27H,2-5,9-14,16H2,1H3,(H,28,29). The van der Waals surface area contributed by atoms with Crippen molar-refractivity contribution in [1.29, 1.82) is 0 Å². The van der Waals surface area contributed by atoms with Gasteiger partial charge in [0.25, 0.3) is 0 Å². The van der Waals surface area contributed by atoms with Crippen molar-refractivity contribution >= 4 is 5.97 Å². The highest BCUT2D eigenvalue weighted by molar-refractivity contribution is 5.66. The second kappa shape index (κ2) is 12.3. The van der Waals surface area contributed by atoms with E-state index in [1.165, 1.54) is 5.56 Å². The summed E-state index contributed by atoms with van der Waals surface area (Å²) < 4.78 is 14.5. The zero-order valence-electron chi connectivity index (χ0n) is 17.6. The van der Waals surface area contributed by atoms with Gasteiger partial charge < -0.3 is 15.3 Å². The molecule has 5 unspecified atom stereocenters. The lowest BCUT2D eigenvalue weighted by Crippen LogP contribution is -2.23. The number of aliphatic carboxylic acids is 1. The minimum Gasteiger partial charge on any atom is -0.481 e. The van der Waals surface area contributed by atoms with E-state index in [-0.39, 0.29) is 18.3 Å². The van der Waals surface area contributed by atoms with Crippen LogP contribution in [0, 0.1) is 18.8 Å². The Bertz CT molecular complexity index is 621. The molecule has 0 radical (unpaired) electrons. The molecular formula is C24H37FO4. The highest BCUT2D eigenvalue weighted by Gasteiger charge is 2.40. The van der Waals surface area contributed by atoms with E-state index >= 15 is 0 Å². The zero-order chi connectivity index (χ0) is 21.2. The summed E-state index contributed by atoms with van der Waals surface area (Å²) in [7, 11) is 0. The van der Waals surface area contributed by atoms with Gasteiger partial charge in [-0.3, -0.25) is 4.79 Å². The predicted molar refractivity (Wildman–Crippen MR) is 113 cm³/mol. The summed E-state index contributed by atoms with van der Waals surface area (Å²) >= 11 is 0. The van der Waals surface area contributed by atoms with E-state index in [0.717, 1.165) is 37.7 Å². The number of benzene rings is 1. The third-order valence-corrected chi connectivity index (χ3v) is 6.34. The number of halogens is 1. The molecular weight excluding hydrogens is 371 g/mol. The van der Waals surface area contributed by atoms with Crippen LogP contribution in [0.5, 0.6) is 0 Å². The second-order valence-corrected chi connectivity index (χ2v) is 8.75. The number of alkyl halides is 1. The van der Waals surface area contributed by atoms with Gasteiger partial charge in [0.2, 0.25) is 0 Å². The van der Waals surface area contributed by atoms with Crippen molar-refractivity contribution in [3.05, 3.63) is 35.4 Å². The Balaban J connectivity index is 1.71. The molecule has 1 aromatic carbocycles. The van der Waals surface area contributed by atoms with Gasteiger partial charge in [-0.15, -0.1) is 0 Å². The lowest BCUT2D eigenvalue weighted by molar-refractivity contribution is -0.137. The number of aliphatic hydroxyl groups is 2. The van der Waals surface area contributed by atoms with Crippen molar-refractivity contribution in [3.63, 3.8) is 0 Å². The number of carbonyl (C=O) groups is 1. The van der Waals surface area contributed by atoms with Crippen LogP contribution in [-0.2, 0) is 11.2 Å². The van der Waals surface area contributed by atoms with E-state index in [4.69, 9.17) is 5.11 Å². The van der Waals surface area contributed by atoms with E-state index in [9.17, 15) is 19.4 Å². The fourth-order valence-corrected chi connectivity index (χ4v) is 4.70. The maximum absolute atomic E-state index is 14.5. The van der Waals surface area contributed by atoms with Crippen LogP contribution in [-0.4, -0.2) is 39.7 Å². The summed E-state index contributed by atoms with van der Waals surface area (Å²) in [5.41, 5.74) is 2.34. The van der Waals surface area contributed by atoms with Crippen LogP contribution in [0.1, 0.15) is 75.3 Å². The van der Waals surface area contributed by atoms with Gasteiger partial charge in [-0.2, -0.15) is 0 Å². The third-order valence-electron chi connectivity index (χ3n) is 6.34. The highest BCUT2D eigenvalue weighted by atomic mass is 19.1. The van der Waals surface area contributed by atoms with Crippen molar-refractivity contribution in [2.24, 2.45) is 11.8 Å². The van der Waals surface area contributed by atoms with E-state index in [1.54, 1.807) is 0 Å². The molecule has 1 fully saturated rings.